The van der Waals surface area contributed by atoms with E-state index in [1.165, 1.54) is 40.6 Å². The van der Waals surface area contributed by atoms with E-state index < -0.39 is 0 Å². The zero-order chi connectivity index (χ0) is 11.3. The minimum atomic E-state index is 0.990. The Morgan fingerprint density at radius 2 is 2.06 bits per heavy atom. The Morgan fingerprint density at radius 3 is 2.81 bits per heavy atom. The van der Waals surface area contributed by atoms with Crippen molar-refractivity contribution in [3.63, 3.8) is 0 Å². The normalized spacial score (nSPS) is 14.4. The molecule has 0 fully saturated rings. The Kier molecular flexibility index (Phi) is 2.00. The van der Waals surface area contributed by atoms with Crippen LogP contribution in [0, 0.1) is 13.8 Å². The number of methoxy groups -OCH3 is 1. The molecular formula is C14H17NO. The summed E-state index contributed by atoms with van der Waals surface area (Å²) in [6.45, 7) is 5.59. The lowest BCUT2D eigenvalue weighted by molar-refractivity contribution is 0.414. The van der Waals surface area contributed by atoms with E-state index in [2.05, 4.69) is 30.5 Å². The van der Waals surface area contributed by atoms with Crippen LogP contribution in [0.5, 0.6) is 5.75 Å². The molecule has 2 nitrogen and oxygen atoms in total. The average Bonchev–Trinajstić information content (AvgIpc) is 2.56. The van der Waals surface area contributed by atoms with E-state index >= 15 is 0 Å². The van der Waals surface area contributed by atoms with Crippen LogP contribution >= 0.6 is 0 Å². The van der Waals surface area contributed by atoms with Gasteiger partial charge in [-0.05, 0) is 49.9 Å². The van der Waals surface area contributed by atoms with Crippen LogP contribution in [0.3, 0.4) is 0 Å². The smallest absolute Gasteiger partial charge is 0.119 e. The summed E-state index contributed by atoms with van der Waals surface area (Å²) in [5.41, 5.74) is 5.68. The van der Waals surface area contributed by atoms with Crippen molar-refractivity contribution >= 4 is 10.9 Å². The van der Waals surface area contributed by atoms with Gasteiger partial charge in [-0.1, -0.05) is 0 Å². The van der Waals surface area contributed by atoms with Crippen LogP contribution in [-0.4, -0.2) is 11.7 Å². The monoisotopic (exact) mass is 215 g/mol. The molecule has 1 aromatic heterocycles. The average molecular weight is 215 g/mol. The standard InChI is InChI=1S/C14H17NO/c1-9-10(2)15-6-4-5-11-7-12(16-3)8-13(9)14(11)15/h7-8H,4-6H2,1-3H3. The molecule has 0 saturated carbocycles. The molecule has 0 bridgehead atoms. The van der Waals surface area contributed by atoms with Crippen molar-refractivity contribution in [2.24, 2.45) is 0 Å². The SMILES string of the molecule is COc1cc2c3c(c1)c(C)c(C)n3CCC2. The number of aromatic nitrogens is 1. The third-order valence-corrected chi connectivity index (χ3v) is 3.85. The van der Waals surface area contributed by atoms with Gasteiger partial charge in [-0.3, -0.25) is 0 Å². The second-order valence-corrected chi connectivity index (χ2v) is 4.65. The summed E-state index contributed by atoms with van der Waals surface area (Å²) in [6.07, 6.45) is 2.42. The zero-order valence-corrected chi connectivity index (χ0v) is 10.1. The summed E-state index contributed by atoms with van der Waals surface area (Å²) >= 11 is 0. The van der Waals surface area contributed by atoms with Crippen LogP contribution in [0.1, 0.15) is 23.2 Å². The van der Waals surface area contributed by atoms with Gasteiger partial charge in [-0.15, -0.1) is 0 Å². The molecule has 3 rings (SSSR count). The molecule has 2 aromatic rings. The molecule has 0 amide bonds. The summed E-state index contributed by atoms with van der Waals surface area (Å²) in [5, 5.41) is 1.37. The summed E-state index contributed by atoms with van der Waals surface area (Å²) in [7, 11) is 1.75. The lowest BCUT2D eigenvalue weighted by atomic mass is 10.0. The molecule has 1 aliphatic heterocycles. The lowest BCUT2D eigenvalue weighted by Gasteiger charge is -2.17. The number of hydrogen-bond acceptors (Lipinski definition) is 1. The molecule has 0 aliphatic carbocycles. The van der Waals surface area contributed by atoms with Crippen molar-refractivity contribution in [2.45, 2.75) is 33.2 Å². The Bertz CT molecular complexity index is 566. The Morgan fingerprint density at radius 1 is 1.25 bits per heavy atom. The van der Waals surface area contributed by atoms with Crippen LogP contribution in [0.15, 0.2) is 12.1 Å². The Hall–Kier alpha value is -1.44. The van der Waals surface area contributed by atoms with Gasteiger partial charge in [0.25, 0.3) is 0 Å². The van der Waals surface area contributed by atoms with Crippen molar-refractivity contribution in [3.05, 3.63) is 29.0 Å². The second-order valence-electron chi connectivity index (χ2n) is 4.65. The maximum atomic E-state index is 5.38. The summed E-state index contributed by atoms with van der Waals surface area (Å²) in [5.74, 6) is 0.990. The summed E-state index contributed by atoms with van der Waals surface area (Å²) in [6, 6.07) is 4.36. The van der Waals surface area contributed by atoms with Crippen LogP contribution < -0.4 is 4.74 Å². The molecular weight excluding hydrogens is 198 g/mol. The van der Waals surface area contributed by atoms with Gasteiger partial charge in [0.05, 0.1) is 12.6 Å². The number of benzene rings is 1. The molecule has 0 N–H and O–H groups in total. The third-order valence-electron chi connectivity index (χ3n) is 3.85. The van der Waals surface area contributed by atoms with Crippen LogP contribution in [0.25, 0.3) is 10.9 Å². The number of nitrogens with zero attached hydrogens (tertiary/aromatic N) is 1. The molecule has 2 heterocycles. The first-order valence-corrected chi connectivity index (χ1v) is 5.88. The minimum absolute atomic E-state index is 0.990. The van der Waals surface area contributed by atoms with Crippen molar-refractivity contribution in [3.8, 4) is 5.75 Å². The number of ether oxygens (including phenoxy) is 1. The third kappa shape index (κ3) is 1.13. The van der Waals surface area contributed by atoms with Gasteiger partial charge < -0.3 is 9.30 Å². The summed E-state index contributed by atoms with van der Waals surface area (Å²) in [4.78, 5) is 0. The van der Waals surface area contributed by atoms with Crippen LogP contribution in [0.2, 0.25) is 0 Å². The van der Waals surface area contributed by atoms with Gasteiger partial charge >= 0.3 is 0 Å². The van der Waals surface area contributed by atoms with E-state index in [4.69, 9.17) is 4.74 Å². The van der Waals surface area contributed by atoms with E-state index in [1.54, 1.807) is 7.11 Å². The van der Waals surface area contributed by atoms with Gasteiger partial charge in [0, 0.05) is 17.6 Å². The van der Waals surface area contributed by atoms with E-state index in [9.17, 15) is 0 Å². The highest BCUT2D eigenvalue weighted by Crippen LogP contribution is 2.35. The van der Waals surface area contributed by atoms with Gasteiger partial charge in [0.1, 0.15) is 5.75 Å². The van der Waals surface area contributed by atoms with Gasteiger partial charge in [-0.2, -0.15) is 0 Å². The fourth-order valence-electron chi connectivity index (χ4n) is 2.85. The predicted molar refractivity (Wildman–Crippen MR) is 66.3 cm³/mol. The van der Waals surface area contributed by atoms with Gasteiger partial charge in [-0.25, -0.2) is 0 Å². The number of rotatable bonds is 1. The lowest BCUT2D eigenvalue weighted by Crippen LogP contribution is -2.08. The van der Waals surface area contributed by atoms with E-state index in [1.807, 2.05) is 0 Å². The second kappa shape index (κ2) is 3.27. The van der Waals surface area contributed by atoms with Crippen molar-refractivity contribution in [2.75, 3.05) is 7.11 Å². The van der Waals surface area contributed by atoms with Crippen molar-refractivity contribution in [1.82, 2.24) is 4.57 Å². The first-order chi connectivity index (χ1) is 7.72. The molecule has 1 aliphatic rings. The van der Waals surface area contributed by atoms with Crippen molar-refractivity contribution < 1.29 is 4.74 Å². The minimum Gasteiger partial charge on any atom is -0.497 e. The Labute approximate surface area is 95.8 Å². The highest BCUT2D eigenvalue weighted by molar-refractivity contribution is 5.89. The first-order valence-electron chi connectivity index (χ1n) is 5.88. The molecule has 0 radical (unpaired) electrons. The molecule has 0 atom stereocenters. The molecule has 2 heteroatoms. The number of hydrogen-bond donors (Lipinski definition) is 0. The Balaban J connectivity index is 2.45. The maximum Gasteiger partial charge on any atom is 0.119 e. The maximum absolute atomic E-state index is 5.38. The molecule has 0 spiro atoms. The highest BCUT2D eigenvalue weighted by Gasteiger charge is 2.18. The topological polar surface area (TPSA) is 14.2 Å². The van der Waals surface area contributed by atoms with E-state index in [0.717, 1.165) is 12.3 Å². The molecule has 1 aromatic carbocycles. The van der Waals surface area contributed by atoms with Crippen LogP contribution in [-0.2, 0) is 13.0 Å². The molecule has 84 valence electrons. The van der Waals surface area contributed by atoms with Crippen molar-refractivity contribution in [1.29, 1.82) is 0 Å². The predicted octanol–water partition coefficient (Wildman–Crippen LogP) is 3.21. The molecule has 16 heavy (non-hydrogen) atoms. The first kappa shape index (κ1) is 9.76. The number of aryl methyl sites for hydroxylation is 3. The fourth-order valence-corrected chi connectivity index (χ4v) is 2.85. The summed E-state index contributed by atoms with van der Waals surface area (Å²) < 4.78 is 7.84. The quantitative estimate of drug-likeness (QED) is 0.712. The van der Waals surface area contributed by atoms with Gasteiger partial charge in [0.15, 0.2) is 0 Å². The highest BCUT2D eigenvalue weighted by atomic mass is 16.5. The van der Waals surface area contributed by atoms with E-state index in [0.29, 0.717) is 0 Å². The fraction of sp³-hybridized carbons (Fsp3) is 0.429. The molecule has 0 saturated heterocycles. The van der Waals surface area contributed by atoms with Gasteiger partial charge in [0.2, 0.25) is 0 Å². The van der Waals surface area contributed by atoms with Crippen LogP contribution in [0.4, 0.5) is 0 Å². The largest absolute Gasteiger partial charge is 0.497 e. The molecule has 0 unspecified atom stereocenters. The zero-order valence-electron chi connectivity index (χ0n) is 10.1. The van der Waals surface area contributed by atoms with E-state index in [-0.39, 0.29) is 0 Å².